The SMILES string of the molecule is C=CCCN(CCN)CCN(CCNCCNCCN)CCN(CCN)CCN. The van der Waals surface area contributed by atoms with Gasteiger partial charge in [-0.2, -0.15) is 0 Å². The molecular weight excluding hydrogens is 366 g/mol. The molecule has 0 amide bonds. The van der Waals surface area contributed by atoms with Crippen LogP contribution < -0.4 is 33.6 Å². The van der Waals surface area contributed by atoms with Crippen molar-refractivity contribution < 1.29 is 0 Å². The zero-order valence-electron chi connectivity index (χ0n) is 18.7. The Labute approximate surface area is 179 Å². The Morgan fingerprint density at radius 1 is 0.517 bits per heavy atom. The first-order valence-corrected chi connectivity index (χ1v) is 11.2. The average molecular weight is 416 g/mol. The summed E-state index contributed by atoms with van der Waals surface area (Å²) >= 11 is 0. The number of nitrogens with one attached hydrogen (secondary N) is 2. The molecule has 0 rings (SSSR count). The lowest BCUT2D eigenvalue weighted by molar-refractivity contribution is 0.180. The molecule has 0 atom stereocenters. The molecule has 0 fully saturated rings. The van der Waals surface area contributed by atoms with Crippen molar-refractivity contribution in [2.45, 2.75) is 6.42 Å². The van der Waals surface area contributed by atoms with Gasteiger partial charge in [0, 0.05) is 111 Å². The summed E-state index contributed by atoms with van der Waals surface area (Å²) in [4.78, 5) is 7.31. The van der Waals surface area contributed by atoms with E-state index < -0.39 is 0 Å². The first kappa shape index (κ1) is 28.4. The average Bonchev–Trinajstić information content (AvgIpc) is 2.72. The van der Waals surface area contributed by atoms with Crippen LogP contribution >= 0.6 is 0 Å². The van der Waals surface area contributed by atoms with Crippen molar-refractivity contribution in [2.24, 2.45) is 22.9 Å². The molecule has 10 N–H and O–H groups in total. The number of hydrogen-bond acceptors (Lipinski definition) is 9. The van der Waals surface area contributed by atoms with Crippen molar-refractivity contribution in [3.63, 3.8) is 0 Å². The van der Waals surface area contributed by atoms with E-state index in [0.29, 0.717) is 26.2 Å². The Kier molecular flexibility index (Phi) is 21.6. The molecule has 174 valence electrons. The maximum absolute atomic E-state index is 5.79. The van der Waals surface area contributed by atoms with Gasteiger partial charge >= 0.3 is 0 Å². The lowest BCUT2D eigenvalue weighted by Gasteiger charge is -2.30. The molecule has 0 unspecified atom stereocenters. The maximum Gasteiger partial charge on any atom is 0.0110 e. The molecule has 0 saturated heterocycles. The summed E-state index contributed by atoms with van der Waals surface area (Å²) < 4.78 is 0. The van der Waals surface area contributed by atoms with Gasteiger partial charge in [0.05, 0.1) is 0 Å². The Bertz CT molecular complexity index is 338. The van der Waals surface area contributed by atoms with E-state index in [4.69, 9.17) is 22.9 Å². The molecule has 0 heterocycles. The monoisotopic (exact) mass is 415 g/mol. The van der Waals surface area contributed by atoms with Gasteiger partial charge in [-0.15, -0.1) is 6.58 Å². The van der Waals surface area contributed by atoms with Crippen LogP contribution in [-0.2, 0) is 0 Å². The molecule has 0 bridgehead atoms. The molecule has 0 aliphatic carbocycles. The number of rotatable bonds is 23. The predicted octanol–water partition coefficient (Wildman–Crippen LogP) is -2.52. The molecule has 0 aliphatic heterocycles. The quantitative estimate of drug-likeness (QED) is 0.0789. The van der Waals surface area contributed by atoms with Crippen LogP contribution in [-0.4, -0.2) is 126 Å². The van der Waals surface area contributed by atoms with E-state index in [9.17, 15) is 0 Å². The minimum absolute atomic E-state index is 0.670. The highest BCUT2D eigenvalue weighted by molar-refractivity contribution is 4.72. The molecular formula is C20H49N9. The first-order chi connectivity index (χ1) is 14.2. The van der Waals surface area contributed by atoms with E-state index in [1.165, 1.54) is 0 Å². The van der Waals surface area contributed by atoms with Crippen LogP contribution in [0.25, 0.3) is 0 Å². The van der Waals surface area contributed by atoms with Crippen molar-refractivity contribution in [3.05, 3.63) is 12.7 Å². The largest absolute Gasteiger partial charge is 0.329 e. The molecule has 9 heteroatoms. The molecule has 0 aliphatic rings. The van der Waals surface area contributed by atoms with Crippen LogP contribution in [0.1, 0.15) is 6.42 Å². The van der Waals surface area contributed by atoms with Crippen LogP contribution in [0.4, 0.5) is 0 Å². The lowest BCUT2D eigenvalue weighted by Crippen LogP contribution is -2.45. The third-order valence-corrected chi connectivity index (χ3v) is 4.85. The Morgan fingerprint density at radius 2 is 0.966 bits per heavy atom. The van der Waals surface area contributed by atoms with Gasteiger partial charge in [-0.25, -0.2) is 0 Å². The van der Waals surface area contributed by atoms with Gasteiger partial charge in [0.1, 0.15) is 0 Å². The van der Waals surface area contributed by atoms with Crippen molar-refractivity contribution in [1.82, 2.24) is 25.3 Å². The second-order valence-corrected chi connectivity index (χ2v) is 7.26. The summed E-state index contributed by atoms with van der Waals surface area (Å²) in [6, 6.07) is 0. The summed E-state index contributed by atoms with van der Waals surface area (Å²) in [7, 11) is 0. The van der Waals surface area contributed by atoms with E-state index in [2.05, 4.69) is 31.9 Å². The van der Waals surface area contributed by atoms with E-state index in [1.54, 1.807) is 0 Å². The van der Waals surface area contributed by atoms with Crippen molar-refractivity contribution >= 4 is 0 Å². The summed E-state index contributed by atoms with van der Waals surface area (Å²) in [5, 5.41) is 6.82. The van der Waals surface area contributed by atoms with Crippen LogP contribution in [0.15, 0.2) is 12.7 Å². The third kappa shape index (κ3) is 17.9. The van der Waals surface area contributed by atoms with Gasteiger partial charge < -0.3 is 38.5 Å². The molecule has 0 saturated carbocycles. The van der Waals surface area contributed by atoms with Crippen molar-refractivity contribution in [1.29, 1.82) is 0 Å². The molecule has 0 aromatic rings. The minimum atomic E-state index is 0.670. The van der Waals surface area contributed by atoms with Gasteiger partial charge in [-0.1, -0.05) is 6.08 Å². The van der Waals surface area contributed by atoms with Crippen molar-refractivity contribution in [2.75, 3.05) is 111 Å². The second-order valence-electron chi connectivity index (χ2n) is 7.26. The first-order valence-electron chi connectivity index (χ1n) is 11.2. The maximum atomic E-state index is 5.79. The van der Waals surface area contributed by atoms with E-state index >= 15 is 0 Å². The van der Waals surface area contributed by atoms with Gasteiger partial charge in [0.2, 0.25) is 0 Å². The van der Waals surface area contributed by atoms with Gasteiger partial charge in [0.15, 0.2) is 0 Å². The Hall–Kier alpha value is -0.620. The molecule has 0 aromatic heterocycles. The van der Waals surface area contributed by atoms with E-state index in [1.807, 2.05) is 6.08 Å². The zero-order chi connectivity index (χ0) is 21.6. The smallest absolute Gasteiger partial charge is 0.0110 e. The fraction of sp³-hybridized carbons (Fsp3) is 0.900. The zero-order valence-corrected chi connectivity index (χ0v) is 18.7. The fourth-order valence-electron chi connectivity index (χ4n) is 3.16. The molecule has 9 nitrogen and oxygen atoms in total. The van der Waals surface area contributed by atoms with Crippen LogP contribution in [0.2, 0.25) is 0 Å². The van der Waals surface area contributed by atoms with Crippen LogP contribution in [0, 0.1) is 0 Å². The second kappa shape index (κ2) is 22.1. The topological polar surface area (TPSA) is 138 Å². The van der Waals surface area contributed by atoms with Crippen molar-refractivity contribution in [3.8, 4) is 0 Å². The predicted molar refractivity (Wildman–Crippen MR) is 126 cm³/mol. The highest BCUT2D eigenvalue weighted by atomic mass is 15.2. The highest BCUT2D eigenvalue weighted by Crippen LogP contribution is 1.97. The highest BCUT2D eigenvalue weighted by Gasteiger charge is 2.11. The third-order valence-electron chi connectivity index (χ3n) is 4.85. The number of nitrogens with two attached hydrogens (primary N) is 4. The Morgan fingerprint density at radius 3 is 1.41 bits per heavy atom. The summed E-state index contributed by atoms with van der Waals surface area (Å²) in [5.74, 6) is 0. The van der Waals surface area contributed by atoms with Gasteiger partial charge in [-0.05, 0) is 6.42 Å². The molecule has 0 radical (unpaired) electrons. The normalized spacial score (nSPS) is 11.8. The number of nitrogens with zero attached hydrogens (tertiary/aromatic N) is 3. The summed E-state index contributed by atoms with van der Waals surface area (Å²) in [6.45, 7) is 19.1. The van der Waals surface area contributed by atoms with Crippen LogP contribution in [0.3, 0.4) is 0 Å². The van der Waals surface area contributed by atoms with E-state index in [-0.39, 0.29) is 0 Å². The molecule has 0 aromatic carbocycles. The fourth-order valence-corrected chi connectivity index (χ4v) is 3.16. The summed E-state index contributed by atoms with van der Waals surface area (Å²) in [6.07, 6.45) is 2.97. The number of hydrogen-bond donors (Lipinski definition) is 6. The van der Waals surface area contributed by atoms with Gasteiger partial charge in [0.25, 0.3) is 0 Å². The van der Waals surface area contributed by atoms with E-state index in [0.717, 1.165) is 91.5 Å². The van der Waals surface area contributed by atoms with Crippen LogP contribution in [0.5, 0.6) is 0 Å². The van der Waals surface area contributed by atoms with Gasteiger partial charge in [-0.3, -0.25) is 9.80 Å². The molecule has 0 spiro atoms. The standard InChI is InChI=1S/C20H49N9/c1-2-3-12-27(13-5-22)17-19-29(16-11-26-10-9-25-8-4-21)20-18-28(14-6-23)15-7-24/h2,25-26H,1,3-24H2. The minimum Gasteiger partial charge on any atom is -0.329 e. The Balaban J connectivity index is 4.45. The molecule has 29 heavy (non-hydrogen) atoms. The summed E-state index contributed by atoms with van der Waals surface area (Å²) in [5.41, 5.74) is 22.8. The lowest BCUT2D eigenvalue weighted by atomic mass is 10.3.